The van der Waals surface area contributed by atoms with E-state index in [4.69, 9.17) is 0 Å². The lowest BCUT2D eigenvalue weighted by Crippen LogP contribution is -1.87. The molecule has 1 nitrogen and oxygen atoms in total. The molecule has 0 bridgehead atoms. The van der Waals surface area contributed by atoms with Gasteiger partial charge in [0.2, 0.25) is 0 Å². The van der Waals surface area contributed by atoms with Crippen LogP contribution in [0.4, 0.5) is 5.69 Å². The quantitative estimate of drug-likeness (QED) is 0.751. The van der Waals surface area contributed by atoms with Crippen molar-refractivity contribution in [1.82, 2.24) is 0 Å². The van der Waals surface area contributed by atoms with Crippen molar-refractivity contribution in [2.45, 2.75) is 0 Å². The fourth-order valence-corrected chi connectivity index (χ4v) is 1.63. The Kier molecular flexibility index (Phi) is 3.77. The highest BCUT2D eigenvalue weighted by atomic mass is 14.8. The van der Waals surface area contributed by atoms with E-state index < -0.39 is 0 Å². The average molecular weight is 221 g/mol. The lowest BCUT2D eigenvalue weighted by Gasteiger charge is -2.05. The first-order valence-corrected chi connectivity index (χ1v) is 5.60. The molecular formula is C16H15N. The third-order valence-electron chi connectivity index (χ3n) is 2.45. The van der Waals surface area contributed by atoms with E-state index in [1.807, 2.05) is 42.6 Å². The van der Waals surface area contributed by atoms with E-state index in [1.165, 1.54) is 11.1 Å². The predicted molar refractivity (Wildman–Crippen MR) is 74.8 cm³/mol. The first kappa shape index (κ1) is 11.2. The molecule has 2 rings (SSSR count). The van der Waals surface area contributed by atoms with Crippen molar-refractivity contribution in [3.8, 4) is 11.1 Å². The maximum Gasteiger partial charge on any atom is 0.0385 e. The largest absolute Gasteiger partial charge is 0.362 e. The van der Waals surface area contributed by atoms with Crippen molar-refractivity contribution in [2.24, 2.45) is 0 Å². The predicted octanol–water partition coefficient (Wildman–Crippen LogP) is 4.47. The molecule has 0 aliphatic rings. The van der Waals surface area contributed by atoms with E-state index in [-0.39, 0.29) is 0 Å². The van der Waals surface area contributed by atoms with Crippen LogP contribution >= 0.6 is 0 Å². The second-order valence-corrected chi connectivity index (χ2v) is 3.69. The lowest BCUT2D eigenvalue weighted by atomic mass is 10.1. The van der Waals surface area contributed by atoms with Crippen molar-refractivity contribution in [3.05, 3.63) is 79.5 Å². The van der Waals surface area contributed by atoms with Crippen LogP contribution in [0.25, 0.3) is 11.1 Å². The maximum absolute atomic E-state index is 3.63. The van der Waals surface area contributed by atoms with Gasteiger partial charge in [0, 0.05) is 11.9 Å². The van der Waals surface area contributed by atoms with Gasteiger partial charge in [-0.1, -0.05) is 55.1 Å². The minimum absolute atomic E-state index is 1.07. The second kappa shape index (κ2) is 5.71. The third kappa shape index (κ3) is 3.08. The summed E-state index contributed by atoms with van der Waals surface area (Å²) >= 11 is 0. The molecule has 0 spiro atoms. The summed E-state index contributed by atoms with van der Waals surface area (Å²) in [6, 6.07) is 18.7. The highest BCUT2D eigenvalue weighted by molar-refractivity contribution is 5.68. The van der Waals surface area contributed by atoms with E-state index in [0.717, 1.165) is 5.69 Å². The zero-order valence-corrected chi connectivity index (χ0v) is 9.64. The van der Waals surface area contributed by atoms with Gasteiger partial charge in [-0.2, -0.15) is 0 Å². The number of nitrogens with one attached hydrogen (secondary N) is 1. The molecular weight excluding hydrogens is 206 g/mol. The number of hydrogen-bond acceptors (Lipinski definition) is 1. The minimum atomic E-state index is 1.07. The molecule has 2 aromatic carbocycles. The highest BCUT2D eigenvalue weighted by Crippen LogP contribution is 2.22. The van der Waals surface area contributed by atoms with Crippen LogP contribution in [-0.2, 0) is 0 Å². The Hall–Kier alpha value is -2.28. The topological polar surface area (TPSA) is 12.0 Å². The van der Waals surface area contributed by atoms with Crippen molar-refractivity contribution in [2.75, 3.05) is 5.32 Å². The Bertz CT molecular complexity index is 512. The average Bonchev–Trinajstić information content (AvgIpc) is 2.41. The Labute approximate surface area is 102 Å². The molecule has 0 radical (unpaired) electrons. The number of hydrogen-bond donors (Lipinski definition) is 1. The van der Waals surface area contributed by atoms with Gasteiger partial charge in [0.1, 0.15) is 0 Å². The molecule has 0 aliphatic carbocycles. The van der Waals surface area contributed by atoms with Gasteiger partial charge >= 0.3 is 0 Å². The highest BCUT2D eigenvalue weighted by Gasteiger charge is 1.96. The fraction of sp³-hybridized carbons (Fsp3) is 0. The summed E-state index contributed by atoms with van der Waals surface area (Å²) in [6.07, 6.45) is 5.49. The summed E-state index contributed by atoms with van der Waals surface area (Å²) in [7, 11) is 0. The summed E-state index contributed by atoms with van der Waals surface area (Å²) in [5.41, 5.74) is 3.51. The third-order valence-corrected chi connectivity index (χ3v) is 2.45. The minimum Gasteiger partial charge on any atom is -0.362 e. The Morgan fingerprint density at radius 1 is 0.882 bits per heavy atom. The van der Waals surface area contributed by atoms with Crippen LogP contribution in [0, 0.1) is 0 Å². The number of anilines is 1. The maximum atomic E-state index is 3.63. The van der Waals surface area contributed by atoms with Gasteiger partial charge in [0.05, 0.1) is 0 Å². The molecule has 0 fully saturated rings. The molecule has 0 saturated heterocycles. The SMILES string of the molecule is C=C/C=C\Nc1cccc(-c2ccccc2)c1. The van der Waals surface area contributed by atoms with E-state index in [2.05, 4.69) is 36.2 Å². The van der Waals surface area contributed by atoms with Gasteiger partial charge in [0.15, 0.2) is 0 Å². The van der Waals surface area contributed by atoms with E-state index in [1.54, 1.807) is 6.08 Å². The van der Waals surface area contributed by atoms with Crippen molar-refractivity contribution < 1.29 is 0 Å². The lowest BCUT2D eigenvalue weighted by molar-refractivity contribution is 1.56. The van der Waals surface area contributed by atoms with Crippen molar-refractivity contribution in [1.29, 1.82) is 0 Å². The Morgan fingerprint density at radius 3 is 2.41 bits per heavy atom. The van der Waals surface area contributed by atoms with Crippen LogP contribution in [0.1, 0.15) is 0 Å². The van der Waals surface area contributed by atoms with Gasteiger partial charge in [-0.25, -0.2) is 0 Å². The van der Waals surface area contributed by atoms with Crippen LogP contribution < -0.4 is 5.32 Å². The molecule has 0 heterocycles. The molecule has 0 saturated carbocycles. The Morgan fingerprint density at radius 2 is 1.65 bits per heavy atom. The van der Waals surface area contributed by atoms with Crippen molar-refractivity contribution >= 4 is 5.69 Å². The summed E-state index contributed by atoms with van der Waals surface area (Å²) in [4.78, 5) is 0. The monoisotopic (exact) mass is 221 g/mol. The van der Waals surface area contributed by atoms with Gasteiger partial charge in [-0.15, -0.1) is 0 Å². The molecule has 0 aromatic heterocycles. The molecule has 0 atom stereocenters. The van der Waals surface area contributed by atoms with Gasteiger partial charge in [0.25, 0.3) is 0 Å². The molecule has 0 aliphatic heterocycles. The standard InChI is InChI=1S/C16H15N/c1-2-3-12-17-16-11-7-10-15(13-16)14-8-5-4-6-9-14/h2-13,17H,1H2/b12-3-. The smallest absolute Gasteiger partial charge is 0.0385 e. The van der Waals surface area contributed by atoms with E-state index in [0.29, 0.717) is 0 Å². The zero-order valence-electron chi connectivity index (χ0n) is 9.64. The molecule has 0 amide bonds. The van der Waals surface area contributed by atoms with Crippen molar-refractivity contribution in [3.63, 3.8) is 0 Å². The summed E-state index contributed by atoms with van der Waals surface area (Å²) in [5.74, 6) is 0. The van der Waals surface area contributed by atoms with Crippen LogP contribution in [0.5, 0.6) is 0 Å². The van der Waals surface area contributed by atoms with Crippen LogP contribution in [0.2, 0.25) is 0 Å². The number of allylic oxidation sites excluding steroid dienone is 2. The van der Waals surface area contributed by atoms with Gasteiger partial charge in [-0.05, 0) is 29.3 Å². The van der Waals surface area contributed by atoms with Gasteiger partial charge < -0.3 is 5.32 Å². The number of rotatable bonds is 4. The second-order valence-electron chi connectivity index (χ2n) is 3.69. The molecule has 84 valence electrons. The summed E-state index contributed by atoms with van der Waals surface area (Å²) in [5, 5.41) is 3.20. The molecule has 17 heavy (non-hydrogen) atoms. The van der Waals surface area contributed by atoms with Crippen LogP contribution in [0.3, 0.4) is 0 Å². The van der Waals surface area contributed by atoms with E-state index in [9.17, 15) is 0 Å². The summed E-state index contributed by atoms with van der Waals surface area (Å²) in [6.45, 7) is 3.63. The summed E-state index contributed by atoms with van der Waals surface area (Å²) < 4.78 is 0. The molecule has 2 aromatic rings. The van der Waals surface area contributed by atoms with Crippen LogP contribution in [-0.4, -0.2) is 0 Å². The van der Waals surface area contributed by atoms with Crippen LogP contribution in [0.15, 0.2) is 79.5 Å². The Balaban J connectivity index is 2.23. The first-order valence-electron chi connectivity index (χ1n) is 5.60. The molecule has 0 unspecified atom stereocenters. The molecule has 1 N–H and O–H groups in total. The van der Waals surface area contributed by atoms with Gasteiger partial charge in [-0.3, -0.25) is 0 Å². The zero-order chi connectivity index (χ0) is 11.9. The van der Waals surface area contributed by atoms with E-state index >= 15 is 0 Å². The number of benzene rings is 2. The normalized spacial score (nSPS) is 10.4. The fourth-order valence-electron chi connectivity index (χ4n) is 1.63. The first-order chi connectivity index (χ1) is 8.40. The molecule has 1 heteroatoms.